The Morgan fingerprint density at radius 3 is 2.54 bits per heavy atom. The number of hydrogen-bond donors (Lipinski definition) is 1. The maximum Gasteiger partial charge on any atom is 0.126 e. The van der Waals surface area contributed by atoms with Crippen molar-refractivity contribution in [2.24, 2.45) is 0 Å². The van der Waals surface area contributed by atoms with Gasteiger partial charge in [-0.25, -0.2) is 8.78 Å². The Kier molecular flexibility index (Phi) is 8.45. The average molecular weight is 333 g/mol. The Morgan fingerprint density at radius 2 is 1.96 bits per heavy atom. The summed E-state index contributed by atoms with van der Waals surface area (Å²) >= 11 is 0. The van der Waals surface area contributed by atoms with Gasteiger partial charge in [-0.1, -0.05) is 44.5 Å². The second-order valence-electron chi connectivity index (χ2n) is 6.30. The van der Waals surface area contributed by atoms with Crippen molar-refractivity contribution < 1.29 is 8.78 Å². The van der Waals surface area contributed by atoms with Gasteiger partial charge in [-0.15, -0.1) is 0 Å². The Morgan fingerprint density at radius 1 is 1.25 bits per heavy atom. The summed E-state index contributed by atoms with van der Waals surface area (Å²) in [6, 6.07) is 6.42. The number of benzene rings is 1. The van der Waals surface area contributed by atoms with Gasteiger partial charge < -0.3 is 5.32 Å². The van der Waals surface area contributed by atoms with Gasteiger partial charge in [-0.3, -0.25) is 0 Å². The topological polar surface area (TPSA) is 12.0 Å². The molecule has 1 aromatic rings. The lowest BCUT2D eigenvalue weighted by Crippen LogP contribution is -2.09. The van der Waals surface area contributed by atoms with Crippen LogP contribution in [0.4, 0.5) is 8.78 Å². The predicted octanol–water partition coefficient (Wildman–Crippen LogP) is 6.27. The van der Waals surface area contributed by atoms with Crippen LogP contribution in [0.3, 0.4) is 0 Å². The van der Waals surface area contributed by atoms with Gasteiger partial charge in [0.25, 0.3) is 0 Å². The maximum absolute atomic E-state index is 14.0. The second kappa shape index (κ2) is 10.1. The number of hydrogen-bond acceptors (Lipinski definition) is 1. The van der Waals surface area contributed by atoms with Crippen molar-refractivity contribution in [3.05, 3.63) is 70.2 Å². The predicted molar refractivity (Wildman–Crippen MR) is 99.4 cm³/mol. The number of aryl methyl sites for hydroxylation is 1. The van der Waals surface area contributed by atoms with E-state index in [1.165, 1.54) is 28.8 Å². The molecule has 0 amide bonds. The zero-order chi connectivity index (χ0) is 18.1. The molecule has 1 N–H and O–H groups in total. The van der Waals surface area contributed by atoms with Gasteiger partial charge in [-0.2, -0.15) is 0 Å². The number of alkyl halides is 1. The molecule has 132 valence electrons. The summed E-state index contributed by atoms with van der Waals surface area (Å²) in [5.74, 6) is 0.0719. The fraction of sp³-hybridized carbons (Fsp3) is 0.429. The van der Waals surface area contributed by atoms with Crippen molar-refractivity contribution in [2.75, 3.05) is 6.67 Å². The van der Waals surface area contributed by atoms with Crippen molar-refractivity contribution in [1.82, 2.24) is 5.32 Å². The van der Waals surface area contributed by atoms with E-state index in [0.717, 1.165) is 0 Å². The molecule has 1 aromatic carbocycles. The molecule has 0 fully saturated rings. The molecule has 0 unspecified atom stereocenters. The lowest BCUT2D eigenvalue weighted by atomic mass is 9.95. The fourth-order valence-corrected chi connectivity index (χ4v) is 2.62. The summed E-state index contributed by atoms with van der Waals surface area (Å²) in [5.41, 5.74) is 4.78. The summed E-state index contributed by atoms with van der Waals surface area (Å²) in [5, 5.41) is 3.23. The third-order valence-electron chi connectivity index (χ3n) is 3.88. The zero-order valence-electron chi connectivity index (χ0n) is 15.4. The Labute approximate surface area is 145 Å². The number of halogens is 2. The van der Waals surface area contributed by atoms with Crippen LogP contribution in [0, 0.1) is 6.92 Å². The summed E-state index contributed by atoms with van der Waals surface area (Å²) in [4.78, 5) is 0. The number of nitrogens with one attached hydrogen (secondary N) is 1. The zero-order valence-corrected chi connectivity index (χ0v) is 15.4. The van der Waals surface area contributed by atoms with Crippen LogP contribution in [0.5, 0.6) is 0 Å². The monoisotopic (exact) mass is 333 g/mol. The van der Waals surface area contributed by atoms with Gasteiger partial charge in [-0.05, 0) is 55.0 Å². The summed E-state index contributed by atoms with van der Waals surface area (Å²) in [6.07, 6.45) is 5.09. The van der Waals surface area contributed by atoms with Gasteiger partial charge in [0.05, 0.1) is 0 Å². The van der Waals surface area contributed by atoms with E-state index in [1.807, 2.05) is 6.92 Å². The van der Waals surface area contributed by atoms with Gasteiger partial charge in [0.15, 0.2) is 0 Å². The fourth-order valence-electron chi connectivity index (χ4n) is 2.62. The lowest BCUT2D eigenvalue weighted by molar-refractivity contribution is 0.556. The normalized spacial score (nSPS) is 13.6. The molecule has 0 aliphatic rings. The van der Waals surface area contributed by atoms with Gasteiger partial charge >= 0.3 is 0 Å². The van der Waals surface area contributed by atoms with Crippen molar-refractivity contribution in [1.29, 1.82) is 0 Å². The van der Waals surface area contributed by atoms with E-state index in [1.54, 1.807) is 13.1 Å². The minimum absolute atomic E-state index is 0.319. The molecular formula is C21H29F2N. The molecule has 0 saturated carbocycles. The molecule has 0 radical (unpaired) electrons. The van der Waals surface area contributed by atoms with E-state index >= 15 is 0 Å². The molecule has 0 aromatic heterocycles. The first kappa shape index (κ1) is 20.1. The first-order valence-corrected chi connectivity index (χ1v) is 8.52. The first-order chi connectivity index (χ1) is 11.4. The van der Waals surface area contributed by atoms with Crippen molar-refractivity contribution >= 4 is 0 Å². The molecule has 0 atom stereocenters. The Balaban J connectivity index is 2.89. The highest BCUT2D eigenvalue weighted by Crippen LogP contribution is 2.22. The van der Waals surface area contributed by atoms with Crippen LogP contribution in [0.1, 0.15) is 56.7 Å². The van der Waals surface area contributed by atoms with Crippen LogP contribution in [0.2, 0.25) is 0 Å². The number of rotatable bonds is 8. The van der Waals surface area contributed by atoms with Crippen molar-refractivity contribution in [3.63, 3.8) is 0 Å². The summed E-state index contributed by atoms with van der Waals surface area (Å²) in [6.45, 7) is 10.1. The smallest absolute Gasteiger partial charge is 0.126 e. The molecule has 1 rings (SSSR count). The van der Waals surface area contributed by atoms with E-state index in [-0.39, 0.29) is 5.83 Å². The maximum atomic E-state index is 14.0. The Bertz CT molecular complexity index is 625. The van der Waals surface area contributed by atoms with Gasteiger partial charge in [0, 0.05) is 18.3 Å². The number of allylic oxidation sites excluding steroid dienone is 5. The second-order valence-corrected chi connectivity index (χ2v) is 6.30. The van der Waals surface area contributed by atoms with Gasteiger partial charge in [0.1, 0.15) is 12.5 Å². The highest BCUT2D eigenvalue weighted by molar-refractivity contribution is 5.42. The van der Waals surface area contributed by atoms with Crippen LogP contribution in [-0.4, -0.2) is 6.67 Å². The van der Waals surface area contributed by atoms with Crippen LogP contribution >= 0.6 is 0 Å². The highest BCUT2D eigenvalue weighted by atomic mass is 19.1. The largest absolute Gasteiger partial charge is 0.387 e. The minimum Gasteiger partial charge on any atom is -0.387 e. The van der Waals surface area contributed by atoms with E-state index in [9.17, 15) is 8.78 Å². The van der Waals surface area contributed by atoms with Crippen molar-refractivity contribution in [2.45, 2.75) is 53.5 Å². The minimum atomic E-state index is -0.680. The average Bonchev–Trinajstić information content (AvgIpc) is 2.53. The van der Waals surface area contributed by atoms with E-state index in [4.69, 9.17) is 0 Å². The van der Waals surface area contributed by atoms with Crippen molar-refractivity contribution in [3.8, 4) is 0 Å². The third-order valence-corrected chi connectivity index (χ3v) is 3.88. The van der Waals surface area contributed by atoms with E-state index in [2.05, 4.69) is 44.3 Å². The molecule has 1 nitrogen and oxygen atoms in total. The molecule has 0 heterocycles. The Hall–Kier alpha value is -1.90. The highest BCUT2D eigenvalue weighted by Gasteiger charge is 2.08. The molecule has 24 heavy (non-hydrogen) atoms. The molecular weight excluding hydrogens is 304 g/mol. The quantitative estimate of drug-likeness (QED) is 0.553. The molecule has 0 bridgehead atoms. The first-order valence-electron chi connectivity index (χ1n) is 8.52. The molecule has 0 aliphatic heterocycles. The van der Waals surface area contributed by atoms with E-state index < -0.39 is 6.67 Å². The summed E-state index contributed by atoms with van der Waals surface area (Å²) in [7, 11) is 0. The molecule has 3 heteroatoms. The SMILES string of the molecule is CC\C=C(F)/C(=C\CF)C(/C)=C\NCc1ccc(C)cc1C(C)C. The standard InChI is InChI=1S/C21H29F2N/c1-6-7-21(23)19(10-11-22)17(5)13-24-14-18-9-8-16(4)12-20(18)15(2)3/h7-10,12-13,15,24H,6,11,14H2,1-5H3/b17-13-,19-10-,21-7+. The lowest BCUT2D eigenvalue weighted by Gasteiger charge is -2.14. The van der Waals surface area contributed by atoms with Gasteiger partial charge in [0.2, 0.25) is 0 Å². The van der Waals surface area contributed by atoms with Crippen LogP contribution in [0.25, 0.3) is 0 Å². The molecule has 0 aliphatic carbocycles. The third kappa shape index (κ3) is 5.95. The van der Waals surface area contributed by atoms with E-state index in [0.29, 0.717) is 30.0 Å². The summed E-state index contributed by atoms with van der Waals surface area (Å²) < 4.78 is 26.7. The molecule has 0 saturated heterocycles. The van der Waals surface area contributed by atoms with Crippen LogP contribution in [0.15, 0.2) is 53.5 Å². The van der Waals surface area contributed by atoms with Crippen LogP contribution < -0.4 is 5.32 Å². The van der Waals surface area contributed by atoms with Crippen LogP contribution in [-0.2, 0) is 6.54 Å². The molecule has 0 spiro atoms.